The summed E-state index contributed by atoms with van der Waals surface area (Å²) in [5.74, 6) is 0. The number of allylic oxidation sites excluding steroid dienone is 8. The van der Waals surface area contributed by atoms with Crippen molar-refractivity contribution in [1.29, 1.82) is 0 Å². The fourth-order valence-corrected chi connectivity index (χ4v) is 0.839. The van der Waals surface area contributed by atoms with Crippen LogP contribution in [0.15, 0.2) is 36.0 Å². The molecule has 66 valence electrons. The van der Waals surface area contributed by atoms with Gasteiger partial charge in [-0.25, -0.2) is 23.8 Å². The summed E-state index contributed by atoms with van der Waals surface area (Å²) in [4.78, 5) is 0. The van der Waals surface area contributed by atoms with Crippen molar-refractivity contribution in [1.82, 2.24) is 0 Å². The summed E-state index contributed by atoms with van der Waals surface area (Å²) < 4.78 is 3.34. The van der Waals surface area contributed by atoms with Crippen molar-refractivity contribution in [2.24, 2.45) is 0 Å². The third-order valence-electron chi connectivity index (χ3n) is 1.46. The molecule has 2 aliphatic rings. The zero-order valence-electron chi connectivity index (χ0n) is 8.01. The van der Waals surface area contributed by atoms with Crippen molar-refractivity contribution in [2.75, 3.05) is 0 Å². The number of hydrogen-bond donors (Lipinski definition) is 0. The zero-order valence-corrected chi connectivity index (χ0v) is 10.5. The Morgan fingerprint density at radius 2 is 2.08 bits per heavy atom. The van der Waals surface area contributed by atoms with Crippen molar-refractivity contribution in [3.05, 3.63) is 48.1 Å². The first-order valence-electron chi connectivity index (χ1n) is 4.20. The van der Waals surface area contributed by atoms with Crippen LogP contribution in [-0.4, -0.2) is 4.21 Å². The maximum absolute atomic E-state index is 3.34. The van der Waals surface area contributed by atoms with E-state index in [0.717, 1.165) is 12.8 Å². The summed E-state index contributed by atoms with van der Waals surface area (Å²) in [5.41, 5.74) is 1.34. The summed E-state index contributed by atoms with van der Waals surface area (Å²) in [6.07, 6.45) is 18.2. The summed E-state index contributed by atoms with van der Waals surface area (Å²) in [7, 11) is 0. The number of rotatable bonds is 0. The second-order valence-electron chi connectivity index (χ2n) is 2.50. The van der Waals surface area contributed by atoms with Crippen LogP contribution in [-0.2, 0) is 24.2 Å². The van der Waals surface area contributed by atoms with Gasteiger partial charge in [0.2, 0.25) is 0 Å². The van der Waals surface area contributed by atoms with Crippen molar-refractivity contribution in [2.45, 2.75) is 19.8 Å². The molecule has 0 atom stereocenters. The van der Waals surface area contributed by atoms with Crippen LogP contribution >= 0.6 is 0 Å². The molecule has 0 saturated heterocycles. The second-order valence-corrected chi connectivity index (χ2v) is 2.50. The molecule has 0 aliphatic heterocycles. The van der Waals surface area contributed by atoms with Gasteiger partial charge in [-0.05, 0) is 0 Å². The zero-order chi connectivity index (χ0) is 9.94. The van der Waals surface area contributed by atoms with Crippen LogP contribution < -0.4 is 0 Å². The van der Waals surface area contributed by atoms with Gasteiger partial charge < -0.3 is 0 Å². The normalized spacial score (nSPS) is 15.8. The predicted molar refractivity (Wildman–Crippen MR) is 54.9 cm³/mol. The van der Waals surface area contributed by atoms with Crippen LogP contribution in [0.2, 0.25) is 0 Å². The van der Waals surface area contributed by atoms with Gasteiger partial charge in [0.1, 0.15) is 0 Å². The van der Waals surface area contributed by atoms with Gasteiger partial charge in [0.15, 0.2) is 0 Å². The van der Waals surface area contributed by atoms with E-state index in [1.807, 2.05) is 18.2 Å². The van der Waals surface area contributed by atoms with Gasteiger partial charge in [0.25, 0.3) is 0 Å². The van der Waals surface area contributed by atoms with Gasteiger partial charge in [-0.15, -0.1) is 19.8 Å². The van der Waals surface area contributed by atoms with E-state index in [4.69, 9.17) is 0 Å². The van der Waals surface area contributed by atoms with Crippen molar-refractivity contribution in [3.8, 4) is 0 Å². The first-order valence-corrected chi connectivity index (χ1v) is 5.94. The van der Waals surface area contributed by atoms with Gasteiger partial charge in [0, 0.05) is 0 Å². The van der Waals surface area contributed by atoms with Gasteiger partial charge in [-0.1, -0.05) is 0 Å². The summed E-state index contributed by atoms with van der Waals surface area (Å²) >= 11 is 1.30. The summed E-state index contributed by atoms with van der Waals surface area (Å²) in [5, 5.41) is 0. The fourth-order valence-electron chi connectivity index (χ4n) is 0.839. The Labute approximate surface area is 96.1 Å². The molecule has 0 spiro atoms. The summed E-state index contributed by atoms with van der Waals surface area (Å²) in [6, 6.07) is 0. The first kappa shape index (κ1) is 12.7. The second kappa shape index (κ2) is 9.80. The minimum atomic E-state index is 1.01. The van der Waals surface area contributed by atoms with Gasteiger partial charge >= 0.3 is 28.4 Å². The standard InChI is InChI=1S/C6H7.C5H5.CH2.Zr/c1-6-4-2-3-5-6;1-2-4-5-3-1;;/h4-5H,2H2,1H3;1-3H,4H2;1H2;/q2*-1;;+2. The molecule has 2 aliphatic carbocycles. The Morgan fingerprint density at radius 3 is 2.23 bits per heavy atom. The Kier molecular flexibility index (Phi) is 9.58. The van der Waals surface area contributed by atoms with Gasteiger partial charge in [-0.3, -0.25) is 12.2 Å². The average molecular weight is 249 g/mol. The van der Waals surface area contributed by atoms with Crippen molar-refractivity contribution in [3.63, 3.8) is 0 Å². The molecule has 13 heavy (non-hydrogen) atoms. The van der Waals surface area contributed by atoms with Crippen molar-refractivity contribution < 1.29 is 24.2 Å². The molecular weight excluding hydrogens is 235 g/mol. The Bertz CT molecular complexity index is 219. The molecule has 0 aromatic carbocycles. The van der Waals surface area contributed by atoms with E-state index in [1.54, 1.807) is 0 Å². The van der Waals surface area contributed by atoms with E-state index in [-0.39, 0.29) is 0 Å². The molecule has 0 N–H and O–H groups in total. The first-order chi connectivity index (χ1) is 6.39. The minimum absolute atomic E-state index is 1.01. The maximum atomic E-state index is 3.34. The molecule has 0 amide bonds. The van der Waals surface area contributed by atoms with Gasteiger partial charge in [0.05, 0.1) is 0 Å². The predicted octanol–water partition coefficient (Wildman–Crippen LogP) is 2.97. The van der Waals surface area contributed by atoms with Crippen LogP contribution in [0.25, 0.3) is 0 Å². The molecule has 2 rings (SSSR count). The van der Waals surface area contributed by atoms with E-state index >= 15 is 0 Å². The van der Waals surface area contributed by atoms with E-state index in [0.29, 0.717) is 0 Å². The Balaban J connectivity index is 0.000000189. The Hall–Kier alpha value is -0.287. The molecule has 0 aromatic heterocycles. The summed E-state index contributed by atoms with van der Waals surface area (Å²) in [6.45, 7) is 2.08. The Morgan fingerprint density at radius 1 is 1.31 bits per heavy atom. The monoisotopic (exact) mass is 248 g/mol. The fraction of sp³-hybridized carbons (Fsp3) is 0.250. The molecule has 0 unspecified atom stereocenters. The SMILES string of the molecule is CC1=CC[C-]=C1.[C-]1=CC=CC1.[CH2]=[Zr+2]. The van der Waals surface area contributed by atoms with E-state index in [1.165, 1.54) is 29.8 Å². The van der Waals surface area contributed by atoms with E-state index < -0.39 is 0 Å². The van der Waals surface area contributed by atoms with Crippen LogP contribution in [0.1, 0.15) is 19.8 Å². The molecule has 0 heterocycles. The van der Waals surface area contributed by atoms with Crippen LogP contribution in [0.5, 0.6) is 0 Å². The van der Waals surface area contributed by atoms with Crippen molar-refractivity contribution >= 4 is 4.21 Å². The van der Waals surface area contributed by atoms with E-state index in [9.17, 15) is 0 Å². The van der Waals surface area contributed by atoms with Crippen LogP contribution in [0, 0.1) is 12.2 Å². The molecular formula is C12H14Zr. The molecule has 0 aromatic rings. The molecule has 0 radical (unpaired) electrons. The third kappa shape index (κ3) is 8.05. The molecule has 0 fully saturated rings. The molecule has 0 nitrogen and oxygen atoms in total. The van der Waals surface area contributed by atoms with Crippen LogP contribution in [0.3, 0.4) is 0 Å². The third-order valence-corrected chi connectivity index (χ3v) is 1.46. The van der Waals surface area contributed by atoms with Gasteiger partial charge in [-0.2, -0.15) is 12.2 Å². The van der Waals surface area contributed by atoms with Crippen LogP contribution in [0.4, 0.5) is 0 Å². The molecule has 0 bridgehead atoms. The molecule has 1 heteroatoms. The average Bonchev–Trinajstić information content (AvgIpc) is 2.81. The van der Waals surface area contributed by atoms with E-state index in [2.05, 4.69) is 35.4 Å². The molecule has 0 saturated carbocycles. The quantitative estimate of drug-likeness (QED) is 0.579. The topological polar surface area (TPSA) is 0 Å². The number of hydrogen-bond acceptors (Lipinski definition) is 0.